The maximum Gasteiger partial charge on any atom is 0.0897 e. The van der Waals surface area contributed by atoms with Gasteiger partial charge >= 0.3 is 0 Å². The highest BCUT2D eigenvalue weighted by molar-refractivity contribution is 5.05. The van der Waals surface area contributed by atoms with E-state index in [9.17, 15) is 5.11 Å². The van der Waals surface area contributed by atoms with E-state index in [0.717, 1.165) is 25.3 Å². The van der Waals surface area contributed by atoms with Crippen molar-refractivity contribution in [3.8, 4) is 0 Å². The van der Waals surface area contributed by atoms with E-state index >= 15 is 0 Å². The minimum absolute atomic E-state index is 0.371. The maximum absolute atomic E-state index is 9.98. The van der Waals surface area contributed by atoms with Crippen molar-refractivity contribution in [2.45, 2.75) is 76.9 Å². The molecule has 0 aromatic carbocycles. The van der Waals surface area contributed by atoms with Gasteiger partial charge in [0.05, 0.1) is 18.8 Å². The van der Waals surface area contributed by atoms with Gasteiger partial charge in [-0.05, 0) is 57.4 Å². The van der Waals surface area contributed by atoms with E-state index in [2.05, 4.69) is 18.3 Å². The van der Waals surface area contributed by atoms with Crippen LogP contribution >= 0.6 is 0 Å². The molecule has 1 fully saturated rings. The summed E-state index contributed by atoms with van der Waals surface area (Å²) in [5.41, 5.74) is 1.59. The third kappa shape index (κ3) is 6.94. The maximum atomic E-state index is 9.98. The van der Waals surface area contributed by atoms with Gasteiger partial charge < -0.3 is 15.2 Å². The molecule has 0 amide bonds. The molecule has 21 heavy (non-hydrogen) atoms. The Morgan fingerprint density at radius 3 is 3.00 bits per heavy atom. The summed E-state index contributed by atoms with van der Waals surface area (Å²) in [7, 11) is 0. The Labute approximate surface area is 130 Å². The molecule has 2 aliphatic carbocycles. The number of hydrogen-bond acceptors (Lipinski definition) is 3. The van der Waals surface area contributed by atoms with Crippen LogP contribution < -0.4 is 5.32 Å². The van der Waals surface area contributed by atoms with Crippen molar-refractivity contribution in [1.82, 2.24) is 5.32 Å². The number of ether oxygens (including phenoxy) is 1. The standard InChI is InChI=1S/C18H33NO2/c1-15-6-5-9-18(12-15)21-14-17(20)13-19-11-10-16-7-3-2-4-8-16/h7,15,17-20H,2-6,8-14H2,1H3. The molecule has 0 aliphatic heterocycles. The third-order valence-corrected chi connectivity index (χ3v) is 4.80. The highest BCUT2D eigenvalue weighted by atomic mass is 16.5. The van der Waals surface area contributed by atoms with Gasteiger partial charge in [-0.1, -0.05) is 31.4 Å². The van der Waals surface area contributed by atoms with Crippen molar-refractivity contribution in [3.63, 3.8) is 0 Å². The molecule has 0 heterocycles. The lowest BCUT2D eigenvalue weighted by Gasteiger charge is -2.27. The van der Waals surface area contributed by atoms with Gasteiger partial charge in [-0.25, -0.2) is 0 Å². The number of nitrogens with one attached hydrogen (secondary N) is 1. The summed E-state index contributed by atoms with van der Waals surface area (Å²) in [5, 5.41) is 13.3. The Morgan fingerprint density at radius 2 is 2.24 bits per heavy atom. The van der Waals surface area contributed by atoms with Crippen molar-refractivity contribution in [2.75, 3.05) is 19.7 Å². The molecule has 3 heteroatoms. The first-order valence-electron chi connectivity index (χ1n) is 8.92. The van der Waals surface area contributed by atoms with Crippen molar-refractivity contribution in [2.24, 2.45) is 5.92 Å². The summed E-state index contributed by atoms with van der Waals surface area (Å²) < 4.78 is 5.86. The third-order valence-electron chi connectivity index (χ3n) is 4.80. The van der Waals surface area contributed by atoms with E-state index in [4.69, 9.17) is 4.74 Å². The molecule has 0 spiro atoms. The number of hydrogen-bond donors (Lipinski definition) is 2. The van der Waals surface area contributed by atoms with Gasteiger partial charge in [0.2, 0.25) is 0 Å². The molecule has 122 valence electrons. The van der Waals surface area contributed by atoms with Crippen LogP contribution in [0.3, 0.4) is 0 Å². The van der Waals surface area contributed by atoms with Crippen LogP contribution in [0.25, 0.3) is 0 Å². The molecule has 2 aliphatic rings. The summed E-state index contributed by atoms with van der Waals surface area (Å²) >= 11 is 0. The van der Waals surface area contributed by atoms with Gasteiger partial charge in [-0.2, -0.15) is 0 Å². The van der Waals surface area contributed by atoms with Gasteiger partial charge in [-0.15, -0.1) is 0 Å². The molecule has 0 saturated heterocycles. The Hall–Kier alpha value is -0.380. The van der Waals surface area contributed by atoms with Gasteiger partial charge in [-0.3, -0.25) is 0 Å². The normalized spacial score (nSPS) is 28.2. The fraction of sp³-hybridized carbons (Fsp3) is 0.889. The molecule has 3 unspecified atom stereocenters. The molecular weight excluding hydrogens is 262 g/mol. The first-order chi connectivity index (χ1) is 10.2. The molecule has 1 saturated carbocycles. The van der Waals surface area contributed by atoms with Crippen molar-refractivity contribution in [1.29, 1.82) is 0 Å². The smallest absolute Gasteiger partial charge is 0.0897 e. The summed E-state index contributed by atoms with van der Waals surface area (Å²) in [6, 6.07) is 0. The highest BCUT2D eigenvalue weighted by Gasteiger charge is 2.20. The quantitative estimate of drug-likeness (QED) is 0.532. The number of aliphatic hydroxyl groups is 1. The Morgan fingerprint density at radius 1 is 1.33 bits per heavy atom. The lowest BCUT2D eigenvalue weighted by Crippen LogP contribution is -2.33. The number of rotatable bonds is 8. The lowest BCUT2D eigenvalue weighted by atomic mass is 9.89. The monoisotopic (exact) mass is 295 g/mol. The van der Waals surface area contributed by atoms with Crippen LogP contribution in [0.15, 0.2) is 11.6 Å². The van der Waals surface area contributed by atoms with Crippen LogP contribution in [-0.4, -0.2) is 37.0 Å². The first kappa shape index (κ1) is 17.0. The van der Waals surface area contributed by atoms with E-state index in [1.165, 1.54) is 44.9 Å². The van der Waals surface area contributed by atoms with Crippen LogP contribution in [0.1, 0.15) is 64.7 Å². The van der Waals surface area contributed by atoms with Crippen molar-refractivity contribution >= 4 is 0 Å². The zero-order valence-electron chi connectivity index (χ0n) is 13.7. The van der Waals surface area contributed by atoms with Crippen molar-refractivity contribution in [3.05, 3.63) is 11.6 Å². The zero-order chi connectivity index (χ0) is 14.9. The predicted octanol–water partition coefficient (Wildman–Crippen LogP) is 3.42. The fourth-order valence-electron chi connectivity index (χ4n) is 3.49. The molecule has 3 nitrogen and oxygen atoms in total. The molecule has 2 N–H and O–H groups in total. The first-order valence-corrected chi connectivity index (χ1v) is 8.92. The highest BCUT2D eigenvalue weighted by Crippen LogP contribution is 2.25. The van der Waals surface area contributed by atoms with Crippen LogP contribution in [0.2, 0.25) is 0 Å². The second-order valence-electron chi connectivity index (χ2n) is 6.94. The molecular formula is C18H33NO2. The number of allylic oxidation sites excluding steroid dienone is 1. The van der Waals surface area contributed by atoms with E-state index in [1.807, 2.05) is 0 Å². The zero-order valence-corrected chi connectivity index (χ0v) is 13.7. The topological polar surface area (TPSA) is 41.5 Å². The molecule has 0 radical (unpaired) electrons. The summed E-state index contributed by atoms with van der Waals surface area (Å²) in [6.07, 6.45) is 13.7. The summed E-state index contributed by atoms with van der Waals surface area (Å²) in [6.45, 7) is 4.40. The van der Waals surface area contributed by atoms with E-state index in [1.54, 1.807) is 5.57 Å². The molecule has 2 rings (SSSR count). The SMILES string of the molecule is CC1CCCC(OCC(O)CNCCC2=CCCCC2)C1. The summed E-state index contributed by atoms with van der Waals surface area (Å²) in [4.78, 5) is 0. The second kappa shape index (κ2) is 9.60. The van der Waals surface area contributed by atoms with Crippen molar-refractivity contribution < 1.29 is 9.84 Å². The predicted molar refractivity (Wildman–Crippen MR) is 87.4 cm³/mol. The Balaban J connectivity index is 1.49. The van der Waals surface area contributed by atoms with Crippen LogP contribution in [-0.2, 0) is 4.74 Å². The van der Waals surface area contributed by atoms with Crippen LogP contribution in [0, 0.1) is 5.92 Å². The second-order valence-corrected chi connectivity index (χ2v) is 6.94. The van der Waals surface area contributed by atoms with E-state index < -0.39 is 0 Å². The Bertz CT molecular complexity index is 316. The number of aliphatic hydroxyl groups excluding tert-OH is 1. The fourth-order valence-corrected chi connectivity index (χ4v) is 3.49. The molecule has 0 aromatic heterocycles. The minimum Gasteiger partial charge on any atom is -0.389 e. The average Bonchev–Trinajstić information content (AvgIpc) is 2.51. The largest absolute Gasteiger partial charge is 0.389 e. The van der Waals surface area contributed by atoms with Gasteiger partial charge in [0.25, 0.3) is 0 Å². The van der Waals surface area contributed by atoms with Gasteiger partial charge in [0.15, 0.2) is 0 Å². The van der Waals surface area contributed by atoms with Gasteiger partial charge in [0, 0.05) is 6.54 Å². The Kier molecular flexibility index (Phi) is 7.76. The van der Waals surface area contributed by atoms with E-state index in [0.29, 0.717) is 19.3 Å². The van der Waals surface area contributed by atoms with Crippen LogP contribution in [0.4, 0.5) is 0 Å². The average molecular weight is 295 g/mol. The van der Waals surface area contributed by atoms with E-state index in [-0.39, 0.29) is 6.10 Å². The minimum atomic E-state index is -0.373. The van der Waals surface area contributed by atoms with Gasteiger partial charge in [0.1, 0.15) is 0 Å². The summed E-state index contributed by atoms with van der Waals surface area (Å²) in [5.74, 6) is 0.780. The molecule has 3 atom stereocenters. The lowest BCUT2D eigenvalue weighted by molar-refractivity contribution is -0.0305. The molecule has 0 bridgehead atoms. The van der Waals surface area contributed by atoms with Crippen LogP contribution in [0.5, 0.6) is 0 Å². The molecule has 0 aromatic rings.